The Morgan fingerprint density at radius 2 is 1.67 bits per heavy atom. The summed E-state index contributed by atoms with van der Waals surface area (Å²) in [7, 11) is 1.94. The third-order valence-corrected chi connectivity index (χ3v) is 6.17. The monoisotopic (exact) mass is 500 g/mol. The molecule has 1 aliphatic rings. The minimum atomic E-state index is -0.348. The van der Waals surface area contributed by atoms with Crippen LogP contribution in [0, 0.1) is 11.8 Å². The Kier molecular flexibility index (Phi) is 9.61. The first-order chi connectivity index (χ1) is 17.4. The fourth-order valence-corrected chi connectivity index (χ4v) is 4.48. The van der Waals surface area contributed by atoms with Gasteiger partial charge in [-0.05, 0) is 55.3 Å². The molecule has 0 radical (unpaired) electrons. The van der Waals surface area contributed by atoms with E-state index in [-0.39, 0.29) is 18.0 Å². The van der Waals surface area contributed by atoms with Crippen LogP contribution < -0.4 is 4.31 Å². The number of hydrogen-bond donors (Lipinski definition) is 0. The van der Waals surface area contributed by atoms with E-state index in [2.05, 4.69) is 24.0 Å². The van der Waals surface area contributed by atoms with Crippen LogP contribution in [0.5, 0.6) is 0 Å². The summed E-state index contributed by atoms with van der Waals surface area (Å²) < 4.78 is 8.93. The summed E-state index contributed by atoms with van der Waals surface area (Å²) in [6, 6.07) is 23.0. The lowest BCUT2D eigenvalue weighted by Gasteiger charge is -2.33. The van der Waals surface area contributed by atoms with Crippen molar-refractivity contribution in [1.82, 2.24) is 4.31 Å². The lowest BCUT2D eigenvalue weighted by atomic mass is 10.1. The highest BCUT2D eigenvalue weighted by Gasteiger charge is 2.29. The summed E-state index contributed by atoms with van der Waals surface area (Å²) in [5.74, 6) is 5.97. The molecule has 4 rings (SSSR count). The van der Waals surface area contributed by atoms with E-state index >= 15 is 0 Å². The average molecular weight is 501 g/mol. The van der Waals surface area contributed by atoms with E-state index in [0.29, 0.717) is 24.1 Å². The maximum absolute atomic E-state index is 13.3. The van der Waals surface area contributed by atoms with E-state index in [4.69, 9.17) is 4.74 Å². The summed E-state index contributed by atoms with van der Waals surface area (Å²) >= 11 is 1.36. The van der Waals surface area contributed by atoms with E-state index in [1.165, 1.54) is 12.1 Å². The van der Waals surface area contributed by atoms with Gasteiger partial charge in [0.05, 0.1) is 41.6 Å². The number of fused-ring (bicyclic) bond motifs is 1. The van der Waals surface area contributed by atoms with Gasteiger partial charge in [-0.1, -0.05) is 68.2 Å². The Bertz CT molecular complexity index is 1240. The van der Waals surface area contributed by atoms with Crippen molar-refractivity contribution in [2.24, 2.45) is 0 Å². The minimum absolute atomic E-state index is 0.0619. The summed E-state index contributed by atoms with van der Waals surface area (Å²) in [5.41, 5.74) is 4.90. The van der Waals surface area contributed by atoms with Gasteiger partial charge in [-0.3, -0.25) is 9.10 Å². The predicted molar refractivity (Wildman–Crippen MR) is 148 cm³/mol. The van der Waals surface area contributed by atoms with Crippen molar-refractivity contribution in [3.05, 3.63) is 101 Å². The predicted octanol–water partition coefficient (Wildman–Crippen LogP) is 6.53. The van der Waals surface area contributed by atoms with Crippen LogP contribution in [0.4, 0.5) is 5.69 Å². The smallest absolute Gasteiger partial charge is 0.338 e. The molecule has 0 aromatic heterocycles. The fraction of sp³-hybridized carbons (Fsp3) is 0.267. The highest BCUT2D eigenvalue weighted by molar-refractivity contribution is 7.99. The molecule has 0 spiro atoms. The third-order valence-electron chi connectivity index (χ3n) is 5.24. The second-order valence-corrected chi connectivity index (χ2v) is 9.42. The molecule has 0 unspecified atom stereocenters. The van der Waals surface area contributed by atoms with Gasteiger partial charge in [-0.2, -0.15) is 0 Å². The van der Waals surface area contributed by atoms with Crippen molar-refractivity contribution in [1.29, 1.82) is 0 Å². The van der Waals surface area contributed by atoms with E-state index in [1.807, 2.05) is 87.6 Å². The molecular formula is C30H32N2O3S. The van der Waals surface area contributed by atoms with Crippen LogP contribution in [-0.4, -0.2) is 29.3 Å². The van der Waals surface area contributed by atoms with Crippen LogP contribution in [0.1, 0.15) is 65.1 Å². The number of esters is 1. The number of carbonyl (C=O) groups is 2. The molecule has 0 fully saturated rings. The summed E-state index contributed by atoms with van der Waals surface area (Å²) in [4.78, 5) is 25.3. The average Bonchev–Trinajstić information content (AvgIpc) is 2.89. The number of anilines is 1. The van der Waals surface area contributed by atoms with Crippen LogP contribution in [0.3, 0.4) is 0 Å². The number of carbonyl (C=O) groups excluding carboxylic acids is 2. The van der Waals surface area contributed by atoms with E-state index in [0.717, 1.165) is 22.4 Å². The van der Waals surface area contributed by atoms with Gasteiger partial charge < -0.3 is 9.04 Å². The molecule has 3 aromatic rings. The SMILES string of the molecule is CC.CC(C)OC(=O)c1ccc(CN2SN(C)c3ccc(C#CCc4ccccc4)cc3C2=O)cc1. The maximum atomic E-state index is 13.3. The summed E-state index contributed by atoms with van der Waals surface area (Å²) in [5, 5.41) is 0. The Morgan fingerprint density at radius 3 is 2.33 bits per heavy atom. The topological polar surface area (TPSA) is 49.9 Å². The third kappa shape index (κ3) is 6.93. The Labute approximate surface area is 218 Å². The van der Waals surface area contributed by atoms with Gasteiger partial charge in [0.1, 0.15) is 0 Å². The molecule has 0 N–H and O–H groups in total. The molecule has 1 aliphatic heterocycles. The number of hydrogen-bond acceptors (Lipinski definition) is 5. The van der Waals surface area contributed by atoms with Gasteiger partial charge in [0.25, 0.3) is 5.91 Å². The van der Waals surface area contributed by atoms with Crippen LogP contribution in [0.25, 0.3) is 0 Å². The molecule has 0 saturated heterocycles. The Balaban J connectivity index is 0.00000176. The molecule has 3 aromatic carbocycles. The number of rotatable bonds is 5. The molecule has 0 saturated carbocycles. The van der Waals surface area contributed by atoms with Gasteiger partial charge in [-0.15, -0.1) is 0 Å². The minimum Gasteiger partial charge on any atom is -0.459 e. The lowest BCUT2D eigenvalue weighted by Crippen LogP contribution is -2.34. The van der Waals surface area contributed by atoms with Gasteiger partial charge in [-0.25, -0.2) is 4.79 Å². The molecule has 5 nitrogen and oxygen atoms in total. The molecular weight excluding hydrogens is 468 g/mol. The van der Waals surface area contributed by atoms with Crippen LogP contribution in [0.2, 0.25) is 0 Å². The fourth-order valence-electron chi connectivity index (χ4n) is 3.56. The summed E-state index contributed by atoms with van der Waals surface area (Å²) in [6.07, 6.45) is 0.493. The van der Waals surface area contributed by atoms with Crippen molar-refractivity contribution < 1.29 is 14.3 Å². The van der Waals surface area contributed by atoms with Crippen LogP contribution >= 0.6 is 12.1 Å². The van der Waals surface area contributed by atoms with E-state index < -0.39 is 0 Å². The van der Waals surface area contributed by atoms with Gasteiger partial charge in [0, 0.05) is 19.0 Å². The van der Waals surface area contributed by atoms with E-state index in [1.54, 1.807) is 16.4 Å². The normalized spacial score (nSPS) is 12.2. The maximum Gasteiger partial charge on any atom is 0.338 e. The number of amides is 1. The number of nitrogens with zero attached hydrogens (tertiary/aromatic N) is 2. The highest BCUT2D eigenvalue weighted by atomic mass is 32.2. The zero-order valence-electron chi connectivity index (χ0n) is 21.4. The van der Waals surface area contributed by atoms with Crippen molar-refractivity contribution in [2.75, 3.05) is 11.4 Å². The number of benzene rings is 3. The van der Waals surface area contributed by atoms with Gasteiger partial charge >= 0.3 is 5.97 Å². The second kappa shape index (κ2) is 12.9. The first kappa shape index (κ1) is 26.9. The largest absolute Gasteiger partial charge is 0.459 e. The van der Waals surface area contributed by atoms with Gasteiger partial charge in [0.2, 0.25) is 0 Å². The molecule has 6 heteroatoms. The zero-order valence-corrected chi connectivity index (χ0v) is 22.3. The molecule has 0 atom stereocenters. The van der Waals surface area contributed by atoms with Crippen molar-refractivity contribution in [3.8, 4) is 11.8 Å². The molecule has 186 valence electrons. The van der Waals surface area contributed by atoms with Crippen molar-refractivity contribution in [3.63, 3.8) is 0 Å². The van der Waals surface area contributed by atoms with Gasteiger partial charge in [0.15, 0.2) is 0 Å². The first-order valence-corrected chi connectivity index (χ1v) is 12.8. The Hall–Kier alpha value is -3.69. The lowest BCUT2D eigenvalue weighted by molar-refractivity contribution is 0.0377. The molecule has 1 amide bonds. The van der Waals surface area contributed by atoms with Crippen molar-refractivity contribution >= 4 is 29.7 Å². The Morgan fingerprint density at radius 1 is 0.972 bits per heavy atom. The van der Waals surface area contributed by atoms with E-state index in [9.17, 15) is 9.59 Å². The van der Waals surface area contributed by atoms with Crippen molar-refractivity contribution in [2.45, 2.75) is 46.8 Å². The quantitative estimate of drug-likeness (QED) is 0.227. The first-order valence-electron chi connectivity index (χ1n) is 12.1. The zero-order chi connectivity index (χ0) is 26.1. The van der Waals surface area contributed by atoms with Crippen LogP contribution in [0.15, 0.2) is 72.8 Å². The standard InChI is InChI=1S/C28H26N2O3S.C2H6/c1-20(2)33-28(32)24-15-12-23(13-16-24)19-30-27(31)25-18-22(14-17-26(25)29(3)34-30)11-7-10-21-8-5-4-6-9-21;1-2/h4-6,8-9,12-18,20H,10,19H2,1-3H3;1-2H3. The number of ether oxygens (including phenoxy) is 1. The summed E-state index contributed by atoms with van der Waals surface area (Å²) in [6.45, 7) is 8.05. The van der Waals surface area contributed by atoms with Crippen LogP contribution in [-0.2, 0) is 17.7 Å². The molecule has 36 heavy (non-hydrogen) atoms. The second-order valence-electron chi connectivity index (χ2n) is 8.27. The highest BCUT2D eigenvalue weighted by Crippen LogP contribution is 2.36. The molecule has 1 heterocycles. The molecule has 0 aliphatic carbocycles. The molecule has 0 bridgehead atoms.